The molecule has 1 aromatic carbocycles. The Morgan fingerprint density at radius 2 is 1.96 bits per heavy atom. The molecule has 0 bridgehead atoms. The van der Waals surface area contributed by atoms with Gasteiger partial charge in [-0.1, -0.05) is 18.2 Å². The maximum absolute atomic E-state index is 12.8. The molecule has 0 saturated heterocycles. The molecule has 0 saturated carbocycles. The van der Waals surface area contributed by atoms with E-state index in [0.29, 0.717) is 11.4 Å². The number of imidazole rings is 1. The highest BCUT2D eigenvalue weighted by atomic mass is 16.5. The molecule has 3 heterocycles. The average molecular weight is 306 g/mol. The van der Waals surface area contributed by atoms with Gasteiger partial charge in [0.15, 0.2) is 0 Å². The van der Waals surface area contributed by atoms with E-state index in [1.807, 2.05) is 24.3 Å². The van der Waals surface area contributed by atoms with Crippen LogP contribution in [0, 0.1) is 0 Å². The number of fused-ring (bicyclic) bond motifs is 3. The summed E-state index contributed by atoms with van der Waals surface area (Å²) < 4.78 is 8.46. The molecule has 4 rings (SSSR count). The molecule has 6 heteroatoms. The van der Waals surface area contributed by atoms with Crippen molar-refractivity contribution < 1.29 is 4.74 Å². The molecule has 0 amide bonds. The number of ether oxygens (including phenoxy) is 1. The van der Waals surface area contributed by atoms with Crippen LogP contribution in [-0.4, -0.2) is 26.2 Å². The van der Waals surface area contributed by atoms with E-state index in [-0.39, 0.29) is 5.69 Å². The molecule has 0 N–H and O–H groups in total. The van der Waals surface area contributed by atoms with Crippen LogP contribution in [0.15, 0.2) is 53.7 Å². The van der Waals surface area contributed by atoms with Gasteiger partial charge in [0.1, 0.15) is 5.75 Å². The summed E-state index contributed by atoms with van der Waals surface area (Å²) >= 11 is 0. The van der Waals surface area contributed by atoms with E-state index in [9.17, 15) is 4.79 Å². The Kier molecular flexibility index (Phi) is 2.90. The Hall–Kier alpha value is -3.15. The predicted molar refractivity (Wildman–Crippen MR) is 88.2 cm³/mol. The molecule has 0 fully saturated rings. The molecular formula is C17H14N4O2. The number of hydrogen-bond donors (Lipinski definition) is 0. The van der Waals surface area contributed by atoms with E-state index in [1.54, 1.807) is 47.9 Å². The van der Waals surface area contributed by atoms with Crippen LogP contribution in [0.4, 0.5) is 0 Å². The molecule has 0 unspecified atom stereocenters. The standard InChI is InChI=1S/C17H14N4O2/c1-20-15-10-19-14-6-4-3-5-13(14)16(15)21(17(20)22)11-7-12(23-2)9-18-8-11/h3-10H,1-2H3. The number of benzene rings is 1. The van der Waals surface area contributed by atoms with Crippen molar-refractivity contribution in [3.63, 3.8) is 0 Å². The second-order valence-electron chi connectivity index (χ2n) is 5.27. The zero-order chi connectivity index (χ0) is 16.0. The third kappa shape index (κ3) is 1.92. The number of methoxy groups -OCH3 is 1. The third-order valence-corrected chi connectivity index (χ3v) is 3.98. The van der Waals surface area contributed by atoms with Gasteiger partial charge in [0.05, 0.1) is 47.9 Å². The number of para-hydroxylation sites is 1. The average Bonchev–Trinajstić information content (AvgIpc) is 2.86. The summed E-state index contributed by atoms with van der Waals surface area (Å²) in [6.07, 6.45) is 4.99. The van der Waals surface area contributed by atoms with Crippen LogP contribution in [0.5, 0.6) is 5.75 Å². The van der Waals surface area contributed by atoms with Crippen molar-refractivity contribution in [2.45, 2.75) is 0 Å². The molecule has 114 valence electrons. The maximum atomic E-state index is 12.8. The largest absolute Gasteiger partial charge is 0.495 e. The molecule has 23 heavy (non-hydrogen) atoms. The van der Waals surface area contributed by atoms with E-state index in [0.717, 1.165) is 21.9 Å². The lowest BCUT2D eigenvalue weighted by atomic mass is 10.2. The molecule has 0 spiro atoms. The van der Waals surface area contributed by atoms with Crippen LogP contribution in [-0.2, 0) is 7.05 Å². The number of nitrogens with zero attached hydrogens (tertiary/aromatic N) is 4. The molecule has 3 aromatic heterocycles. The second-order valence-corrected chi connectivity index (χ2v) is 5.27. The Balaban J connectivity index is 2.19. The maximum Gasteiger partial charge on any atom is 0.333 e. The van der Waals surface area contributed by atoms with E-state index in [1.165, 1.54) is 0 Å². The van der Waals surface area contributed by atoms with Gasteiger partial charge in [-0.05, 0) is 6.07 Å². The van der Waals surface area contributed by atoms with E-state index in [2.05, 4.69) is 9.97 Å². The minimum absolute atomic E-state index is 0.145. The predicted octanol–water partition coefficient (Wildman–Crippen LogP) is 2.28. The zero-order valence-electron chi connectivity index (χ0n) is 12.7. The van der Waals surface area contributed by atoms with Gasteiger partial charge in [-0.3, -0.25) is 19.1 Å². The summed E-state index contributed by atoms with van der Waals surface area (Å²) in [5, 5.41) is 0.922. The quantitative estimate of drug-likeness (QED) is 0.570. The first kappa shape index (κ1) is 13.5. The van der Waals surface area contributed by atoms with Crippen LogP contribution < -0.4 is 10.4 Å². The highest BCUT2D eigenvalue weighted by molar-refractivity contribution is 6.02. The fourth-order valence-corrected chi connectivity index (χ4v) is 2.83. The highest BCUT2D eigenvalue weighted by Crippen LogP contribution is 2.25. The summed E-state index contributed by atoms with van der Waals surface area (Å²) in [6.45, 7) is 0. The minimum Gasteiger partial charge on any atom is -0.495 e. The van der Waals surface area contributed by atoms with Crippen LogP contribution in [0.2, 0.25) is 0 Å². The first-order valence-electron chi connectivity index (χ1n) is 7.15. The normalized spacial score (nSPS) is 11.2. The van der Waals surface area contributed by atoms with Crippen LogP contribution in [0.25, 0.3) is 27.6 Å². The second kappa shape index (κ2) is 4.95. The van der Waals surface area contributed by atoms with Crippen molar-refractivity contribution in [2.24, 2.45) is 7.05 Å². The van der Waals surface area contributed by atoms with Gasteiger partial charge in [-0.25, -0.2) is 4.79 Å². The molecular weight excluding hydrogens is 292 g/mol. The van der Waals surface area contributed by atoms with Gasteiger partial charge < -0.3 is 4.74 Å². The van der Waals surface area contributed by atoms with Crippen molar-refractivity contribution in [3.05, 3.63) is 59.4 Å². The summed E-state index contributed by atoms with van der Waals surface area (Å²) in [6, 6.07) is 9.56. The molecule has 0 radical (unpaired) electrons. The summed E-state index contributed by atoms with van der Waals surface area (Å²) in [7, 11) is 3.32. The molecule has 0 aliphatic heterocycles. The van der Waals surface area contributed by atoms with Crippen molar-refractivity contribution in [2.75, 3.05) is 7.11 Å². The van der Waals surface area contributed by atoms with Gasteiger partial charge in [0, 0.05) is 18.5 Å². The summed E-state index contributed by atoms with van der Waals surface area (Å²) in [4.78, 5) is 21.4. The first-order valence-corrected chi connectivity index (χ1v) is 7.15. The molecule has 6 nitrogen and oxygen atoms in total. The van der Waals surface area contributed by atoms with Gasteiger partial charge >= 0.3 is 5.69 Å². The summed E-state index contributed by atoms with van der Waals surface area (Å²) in [5.41, 5.74) is 2.95. The lowest BCUT2D eigenvalue weighted by molar-refractivity contribution is 0.412. The monoisotopic (exact) mass is 306 g/mol. The number of rotatable bonds is 2. The van der Waals surface area contributed by atoms with Gasteiger partial charge in [0.25, 0.3) is 0 Å². The Labute approximate surface area is 131 Å². The lowest BCUT2D eigenvalue weighted by Gasteiger charge is -2.07. The molecule has 4 aromatic rings. The van der Waals surface area contributed by atoms with Crippen molar-refractivity contribution in [1.82, 2.24) is 19.1 Å². The number of hydrogen-bond acceptors (Lipinski definition) is 4. The molecule has 0 atom stereocenters. The molecule has 0 aliphatic rings. The fourth-order valence-electron chi connectivity index (χ4n) is 2.83. The van der Waals surface area contributed by atoms with Crippen LogP contribution >= 0.6 is 0 Å². The Morgan fingerprint density at radius 1 is 1.13 bits per heavy atom. The topological polar surface area (TPSA) is 61.9 Å². The van der Waals surface area contributed by atoms with Crippen molar-refractivity contribution in [3.8, 4) is 11.4 Å². The van der Waals surface area contributed by atoms with Crippen LogP contribution in [0.3, 0.4) is 0 Å². The Morgan fingerprint density at radius 3 is 2.78 bits per heavy atom. The smallest absolute Gasteiger partial charge is 0.333 e. The SMILES string of the molecule is COc1cncc(-n2c(=O)n(C)c3cnc4ccccc4c32)c1. The number of aromatic nitrogens is 4. The zero-order valence-corrected chi connectivity index (χ0v) is 12.7. The van der Waals surface area contributed by atoms with Gasteiger partial charge in [0.2, 0.25) is 0 Å². The number of pyridine rings is 2. The molecule has 0 aliphatic carbocycles. The Bertz CT molecular complexity index is 1090. The van der Waals surface area contributed by atoms with E-state index >= 15 is 0 Å². The number of aryl methyl sites for hydroxylation is 1. The van der Waals surface area contributed by atoms with Crippen molar-refractivity contribution in [1.29, 1.82) is 0 Å². The van der Waals surface area contributed by atoms with Crippen molar-refractivity contribution >= 4 is 21.9 Å². The van der Waals surface area contributed by atoms with E-state index < -0.39 is 0 Å². The lowest BCUT2D eigenvalue weighted by Crippen LogP contribution is -2.21. The summed E-state index contributed by atoms with van der Waals surface area (Å²) in [5.74, 6) is 0.602. The van der Waals surface area contributed by atoms with Gasteiger partial charge in [-0.15, -0.1) is 0 Å². The van der Waals surface area contributed by atoms with Crippen LogP contribution in [0.1, 0.15) is 0 Å². The third-order valence-electron chi connectivity index (χ3n) is 3.98. The van der Waals surface area contributed by atoms with Gasteiger partial charge in [-0.2, -0.15) is 0 Å². The highest BCUT2D eigenvalue weighted by Gasteiger charge is 2.16. The minimum atomic E-state index is -0.145. The fraction of sp³-hybridized carbons (Fsp3) is 0.118. The first-order chi connectivity index (χ1) is 11.2. The van der Waals surface area contributed by atoms with E-state index in [4.69, 9.17) is 4.74 Å².